The molecule has 1 unspecified atom stereocenters. The van der Waals surface area contributed by atoms with Crippen molar-refractivity contribution < 1.29 is 32.0 Å². The lowest BCUT2D eigenvalue weighted by molar-refractivity contribution is -0.342. The van der Waals surface area contributed by atoms with E-state index < -0.39 is 6.09 Å². The third kappa shape index (κ3) is 9.29. The average Bonchev–Trinajstić information content (AvgIpc) is 2.78. The Labute approximate surface area is 208 Å². The van der Waals surface area contributed by atoms with Crippen LogP contribution in [-0.2, 0) is 11.2 Å². The first-order chi connectivity index (χ1) is 15.9. The minimum atomic E-state index is -0.532. The Morgan fingerprint density at radius 3 is 2.09 bits per heavy atom. The Bertz CT molecular complexity index is 1010. The summed E-state index contributed by atoms with van der Waals surface area (Å²) in [5.41, 5.74) is 11.5. The SMILES string of the molecule is CCO.CCOC(=O)Nc1ccc(NC(Cc2ccc(C)cc2)c2ccc(C)cc2)[nH+]c1N.[Cl-]. The zero-order valence-corrected chi connectivity index (χ0v) is 20.9. The van der Waals surface area contributed by atoms with Crippen molar-refractivity contribution in [2.45, 2.75) is 40.2 Å². The summed E-state index contributed by atoms with van der Waals surface area (Å²) < 4.78 is 4.90. The van der Waals surface area contributed by atoms with Gasteiger partial charge in [0.05, 0.1) is 6.61 Å². The van der Waals surface area contributed by atoms with Gasteiger partial charge in [-0.05, 0) is 44.9 Å². The molecule has 0 saturated heterocycles. The van der Waals surface area contributed by atoms with E-state index in [1.807, 2.05) is 6.07 Å². The van der Waals surface area contributed by atoms with E-state index in [-0.39, 0.29) is 25.1 Å². The van der Waals surface area contributed by atoms with E-state index in [2.05, 4.69) is 78.0 Å². The van der Waals surface area contributed by atoms with Gasteiger partial charge in [-0.2, -0.15) is 0 Å². The molecular weight excluding hydrogens is 452 g/mol. The summed E-state index contributed by atoms with van der Waals surface area (Å²) in [5.74, 6) is 1.12. The number of nitrogen functional groups attached to an aromatic ring is 1. The fraction of sp³-hybridized carbons (Fsp3) is 0.308. The first kappa shape index (κ1) is 28.7. The largest absolute Gasteiger partial charge is 1.00 e. The lowest BCUT2D eigenvalue weighted by Gasteiger charge is -2.18. The van der Waals surface area contributed by atoms with Gasteiger partial charge in [0.25, 0.3) is 0 Å². The van der Waals surface area contributed by atoms with Gasteiger partial charge in [0.2, 0.25) is 11.6 Å². The maximum Gasteiger partial charge on any atom is 0.411 e. The molecule has 0 radical (unpaired) electrons. The van der Waals surface area contributed by atoms with Crippen LogP contribution < -0.4 is 33.8 Å². The number of aromatic nitrogens is 1. The maximum atomic E-state index is 11.6. The number of aromatic amines is 1. The van der Waals surface area contributed by atoms with Crippen molar-refractivity contribution in [2.24, 2.45) is 0 Å². The molecule has 0 aliphatic heterocycles. The Morgan fingerprint density at radius 1 is 1.00 bits per heavy atom. The molecular formula is C26H35ClN4O3. The van der Waals surface area contributed by atoms with Gasteiger partial charge in [0, 0.05) is 19.1 Å². The van der Waals surface area contributed by atoms with E-state index in [0.29, 0.717) is 18.1 Å². The van der Waals surface area contributed by atoms with Crippen LogP contribution in [0.25, 0.3) is 0 Å². The molecule has 3 rings (SSSR count). The first-order valence-corrected chi connectivity index (χ1v) is 11.1. The zero-order chi connectivity index (χ0) is 24.2. The number of ether oxygens (including phenoxy) is 1. The number of nitrogens with one attached hydrogen (secondary N) is 3. The normalized spacial score (nSPS) is 10.7. The van der Waals surface area contributed by atoms with E-state index >= 15 is 0 Å². The maximum absolute atomic E-state index is 11.6. The van der Waals surface area contributed by atoms with Crippen molar-refractivity contribution in [1.82, 2.24) is 0 Å². The van der Waals surface area contributed by atoms with Crippen LogP contribution in [0.1, 0.15) is 42.1 Å². The predicted octanol–water partition coefficient (Wildman–Crippen LogP) is 1.67. The van der Waals surface area contributed by atoms with Crippen molar-refractivity contribution in [3.05, 3.63) is 82.9 Å². The van der Waals surface area contributed by atoms with Gasteiger partial charge in [-0.15, -0.1) is 0 Å². The fourth-order valence-corrected chi connectivity index (χ4v) is 3.18. The molecule has 3 aromatic rings. The number of benzene rings is 2. The summed E-state index contributed by atoms with van der Waals surface area (Å²) in [7, 11) is 0. The minimum Gasteiger partial charge on any atom is -1.00 e. The van der Waals surface area contributed by atoms with E-state index in [4.69, 9.17) is 15.6 Å². The number of rotatable bonds is 7. The second kappa shape index (κ2) is 14.8. The smallest absolute Gasteiger partial charge is 0.411 e. The average molecular weight is 487 g/mol. The van der Waals surface area contributed by atoms with Crippen LogP contribution in [0.4, 0.5) is 22.1 Å². The Hall–Kier alpha value is -3.29. The molecule has 34 heavy (non-hydrogen) atoms. The number of H-pyrrole nitrogens is 1. The molecule has 0 aliphatic rings. The van der Waals surface area contributed by atoms with Crippen LogP contribution in [-0.4, -0.2) is 24.4 Å². The van der Waals surface area contributed by atoms with Crippen LogP contribution in [0, 0.1) is 13.8 Å². The number of pyridine rings is 1. The molecule has 0 bridgehead atoms. The molecule has 0 spiro atoms. The fourth-order valence-electron chi connectivity index (χ4n) is 3.18. The molecule has 0 fully saturated rings. The molecule has 1 heterocycles. The standard InChI is InChI=1S/C24H28N4O2.C2H6O.ClH/c1-4-30-24(29)27-20-13-14-22(28-23(20)25)26-21(19-11-7-17(3)8-12-19)15-18-9-5-16(2)6-10-18;1-2-3;/h5-14,21H,4,15H2,1-3H3,(H,27,29)(H3,25,26,28);3H,2H2,1H3;1H. The van der Waals surface area contributed by atoms with E-state index in [1.165, 1.54) is 22.3 Å². The number of halogens is 1. The van der Waals surface area contributed by atoms with Gasteiger partial charge in [0.15, 0.2) is 0 Å². The van der Waals surface area contributed by atoms with Gasteiger partial charge in [-0.3, -0.25) is 10.6 Å². The molecule has 0 saturated carbocycles. The third-order valence-corrected chi connectivity index (χ3v) is 4.86. The van der Waals surface area contributed by atoms with Crippen LogP contribution in [0.3, 0.4) is 0 Å². The number of amides is 1. The minimum absolute atomic E-state index is 0. The van der Waals surface area contributed by atoms with Crippen LogP contribution >= 0.6 is 0 Å². The van der Waals surface area contributed by atoms with Crippen molar-refractivity contribution in [1.29, 1.82) is 0 Å². The van der Waals surface area contributed by atoms with Crippen molar-refractivity contribution in [3.63, 3.8) is 0 Å². The lowest BCUT2D eigenvalue weighted by Crippen LogP contribution is -3.00. The lowest BCUT2D eigenvalue weighted by atomic mass is 9.97. The summed E-state index contributed by atoms with van der Waals surface area (Å²) in [6, 6.07) is 20.7. The molecule has 1 aromatic heterocycles. The van der Waals surface area contributed by atoms with E-state index in [0.717, 1.165) is 12.2 Å². The highest BCUT2D eigenvalue weighted by Gasteiger charge is 2.18. The monoisotopic (exact) mass is 486 g/mol. The molecule has 0 aliphatic carbocycles. The number of anilines is 3. The molecule has 8 heteroatoms. The Morgan fingerprint density at radius 2 is 1.56 bits per heavy atom. The first-order valence-electron chi connectivity index (χ1n) is 11.1. The number of carbonyl (C=O) groups excluding carboxylic acids is 1. The molecule has 7 nitrogen and oxygen atoms in total. The summed E-state index contributed by atoms with van der Waals surface area (Å²) in [6.45, 7) is 8.15. The molecule has 2 aromatic carbocycles. The van der Waals surface area contributed by atoms with Crippen molar-refractivity contribution >= 4 is 23.4 Å². The second-order valence-electron chi connectivity index (χ2n) is 7.66. The van der Waals surface area contributed by atoms with Gasteiger partial charge in [-0.25, -0.2) is 9.78 Å². The van der Waals surface area contributed by atoms with Crippen LogP contribution in [0.5, 0.6) is 0 Å². The van der Waals surface area contributed by atoms with Gasteiger partial charge < -0.3 is 28.0 Å². The van der Waals surface area contributed by atoms with Crippen LogP contribution in [0.2, 0.25) is 0 Å². The van der Waals surface area contributed by atoms with Gasteiger partial charge in [-0.1, -0.05) is 59.7 Å². The number of carbonyl (C=O) groups is 1. The molecule has 1 atom stereocenters. The van der Waals surface area contributed by atoms with Gasteiger partial charge >= 0.3 is 6.09 Å². The highest BCUT2D eigenvalue weighted by atomic mass is 35.5. The van der Waals surface area contributed by atoms with Crippen LogP contribution in [0.15, 0.2) is 60.7 Å². The summed E-state index contributed by atoms with van der Waals surface area (Å²) >= 11 is 0. The topological polar surface area (TPSA) is 111 Å². The number of aliphatic hydroxyl groups excluding tert-OH is 1. The molecule has 184 valence electrons. The zero-order valence-electron chi connectivity index (χ0n) is 20.2. The quantitative estimate of drug-likeness (QED) is 0.406. The van der Waals surface area contributed by atoms with Gasteiger partial charge in [0.1, 0.15) is 11.7 Å². The van der Waals surface area contributed by atoms with E-state index in [1.54, 1.807) is 19.9 Å². The summed E-state index contributed by atoms with van der Waals surface area (Å²) in [6.07, 6.45) is 0.287. The number of hydrogen-bond donors (Lipinski definition) is 4. The van der Waals surface area contributed by atoms with Crippen molar-refractivity contribution in [3.8, 4) is 0 Å². The predicted molar refractivity (Wildman–Crippen MR) is 133 cm³/mol. The number of hydrogen-bond acceptors (Lipinski definition) is 5. The summed E-state index contributed by atoms with van der Waals surface area (Å²) in [4.78, 5) is 14.8. The van der Waals surface area contributed by atoms with E-state index in [9.17, 15) is 4.79 Å². The number of aliphatic hydroxyl groups is 1. The highest BCUT2D eigenvalue weighted by Crippen LogP contribution is 2.24. The highest BCUT2D eigenvalue weighted by molar-refractivity contribution is 5.87. The summed E-state index contributed by atoms with van der Waals surface area (Å²) in [5, 5.41) is 13.7. The van der Waals surface area contributed by atoms with Crippen molar-refractivity contribution in [2.75, 3.05) is 29.6 Å². The molecule has 1 amide bonds. The Kier molecular flexibility index (Phi) is 12.5. The Balaban J connectivity index is 0.00000137. The molecule has 6 N–H and O–H groups in total. The third-order valence-electron chi connectivity index (χ3n) is 4.86. The number of nitrogens with two attached hydrogens (primary N) is 1. The second-order valence-corrected chi connectivity index (χ2v) is 7.66. The number of aryl methyl sites for hydroxylation is 2.